The van der Waals surface area contributed by atoms with Crippen molar-refractivity contribution in [2.24, 2.45) is 5.10 Å². The van der Waals surface area contributed by atoms with Crippen molar-refractivity contribution in [2.75, 3.05) is 48.1 Å². The zero-order chi connectivity index (χ0) is 27.8. The molecule has 2 amide bonds. The summed E-state index contributed by atoms with van der Waals surface area (Å²) in [5.74, 6) is 1.44. The van der Waals surface area contributed by atoms with Crippen molar-refractivity contribution >= 4 is 17.5 Å². The highest BCUT2D eigenvalue weighted by atomic mass is 16.5. The molecule has 3 aromatic carbocycles. The van der Waals surface area contributed by atoms with Gasteiger partial charge in [0.1, 0.15) is 23.8 Å². The van der Waals surface area contributed by atoms with Gasteiger partial charge in [-0.05, 0) is 60.2 Å². The van der Waals surface area contributed by atoms with E-state index in [2.05, 4.69) is 0 Å². The van der Waals surface area contributed by atoms with E-state index in [0.29, 0.717) is 23.5 Å². The number of rotatable bonds is 11. The summed E-state index contributed by atoms with van der Waals surface area (Å²) in [6.07, 6.45) is 0.489. The lowest BCUT2D eigenvalue weighted by atomic mass is 9.97. The Bertz CT molecular complexity index is 1310. The van der Waals surface area contributed by atoms with E-state index in [1.54, 1.807) is 52.7 Å². The zero-order valence-corrected chi connectivity index (χ0v) is 22.6. The van der Waals surface area contributed by atoms with Crippen molar-refractivity contribution in [2.45, 2.75) is 12.5 Å². The van der Waals surface area contributed by atoms with Crippen LogP contribution in [0.2, 0.25) is 0 Å². The Balaban J connectivity index is 1.64. The summed E-state index contributed by atoms with van der Waals surface area (Å²) in [7, 11) is 6.34. The number of amides is 2. The van der Waals surface area contributed by atoms with Crippen LogP contribution in [0.15, 0.2) is 77.9 Å². The monoisotopic (exact) mass is 531 g/mol. The van der Waals surface area contributed by atoms with E-state index in [4.69, 9.17) is 24.0 Å². The second kappa shape index (κ2) is 12.9. The van der Waals surface area contributed by atoms with Gasteiger partial charge in [0.15, 0.2) is 0 Å². The van der Waals surface area contributed by atoms with E-state index in [1.165, 1.54) is 9.91 Å². The van der Waals surface area contributed by atoms with Crippen LogP contribution in [0.4, 0.5) is 0 Å². The minimum absolute atomic E-state index is 0.167. The Kier molecular flexibility index (Phi) is 9.17. The van der Waals surface area contributed by atoms with Gasteiger partial charge in [0.05, 0.1) is 39.7 Å². The Morgan fingerprint density at radius 1 is 0.872 bits per heavy atom. The first kappa shape index (κ1) is 27.7. The van der Waals surface area contributed by atoms with E-state index in [0.717, 1.165) is 22.6 Å². The molecule has 9 nitrogen and oxygen atoms in total. The average molecular weight is 532 g/mol. The van der Waals surface area contributed by atoms with Crippen molar-refractivity contribution < 1.29 is 28.5 Å². The predicted octanol–water partition coefficient (Wildman–Crippen LogP) is 4.18. The summed E-state index contributed by atoms with van der Waals surface area (Å²) < 4.78 is 21.3. The van der Waals surface area contributed by atoms with Crippen LogP contribution in [0.25, 0.3) is 0 Å². The summed E-state index contributed by atoms with van der Waals surface area (Å²) in [4.78, 5) is 28.7. The highest BCUT2D eigenvalue weighted by Crippen LogP contribution is 2.37. The molecule has 204 valence electrons. The average Bonchev–Trinajstić information content (AvgIpc) is 3.44. The molecular weight excluding hydrogens is 498 g/mol. The zero-order valence-electron chi connectivity index (χ0n) is 22.6. The topological polar surface area (TPSA) is 89.9 Å². The molecule has 1 heterocycles. The standard InChI is InChI=1S/C30H33N3O6/c1-36-18-17-32(30(35)22-11-15-24(38-3)16-12-22)20-29(34)33-27(25-7-5-6-8-28(25)39-4)19-26(31-33)21-9-13-23(37-2)14-10-21/h5-16,27H,17-20H2,1-4H3/t27-/m0/s1. The number of methoxy groups -OCH3 is 4. The van der Waals surface area contributed by atoms with Crippen molar-refractivity contribution in [3.05, 3.63) is 89.5 Å². The Morgan fingerprint density at radius 3 is 2.13 bits per heavy atom. The molecule has 0 bridgehead atoms. The van der Waals surface area contributed by atoms with Crippen LogP contribution >= 0.6 is 0 Å². The third kappa shape index (κ3) is 6.38. The summed E-state index contributed by atoms with van der Waals surface area (Å²) >= 11 is 0. The lowest BCUT2D eigenvalue weighted by Gasteiger charge is -2.27. The molecule has 1 aliphatic heterocycles. The van der Waals surface area contributed by atoms with Gasteiger partial charge in [-0.15, -0.1) is 0 Å². The van der Waals surface area contributed by atoms with Gasteiger partial charge >= 0.3 is 0 Å². The van der Waals surface area contributed by atoms with Crippen LogP contribution in [-0.2, 0) is 9.53 Å². The number of hydrogen-bond donors (Lipinski definition) is 0. The first-order valence-electron chi connectivity index (χ1n) is 12.6. The Labute approximate surface area is 228 Å². The number of carbonyl (C=O) groups is 2. The second-order valence-electron chi connectivity index (χ2n) is 8.92. The molecule has 0 spiro atoms. The molecule has 1 aliphatic rings. The van der Waals surface area contributed by atoms with Crippen LogP contribution < -0.4 is 14.2 Å². The molecule has 1 atom stereocenters. The van der Waals surface area contributed by atoms with Crippen LogP contribution in [0.1, 0.15) is 33.9 Å². The first-order chi connectivity index (χ1) is 19.0. The molecule has 0 fully saturated rings. The normalized spacial score (nSPS) is 14.5. The fourth-order valence-corrected chi connectivity index (χ4v) is 4.49. The number of para-hydroxylation sites is 1. The molecule has 0 N–H and O–H groups in total. The van der Waals surface area contributed by atoms with Gasteiger partial charge in [-0.2, -0.15) is 5.10 Å². The summed E-state index contributed by atoms with van der Waals surface area (Å²) in [6, 6.07) is 21.5. The maximum Gasteiger partial charge on any atom is 0.262 e. The largest absolute Gasteiger partial charge is 0.497 e. The molecule has 0 radical (unpaired) electrons. The van der Waals surface area contributed by atoms with Crippen LogP contribution in [0, 0.1) is 0 Å². The van der Waals surface area contributed by atoms with E-state index in [1.807, 2.05) is 48.5 Å². The van der Waals surface area contributed by atoms with Gasteiger partial charge in [-0.3, -0.25) is 9.59 Å². The molecule has 9 heteroatoms. The maximum absolute atomic E-state index is 13.8. The lowest BCUT2D eigenvalue weighted by molar-refractivity contribution is -0.133. The third-order valence-corrected chi connectivity index (χ3v) is 6.60. The molecule has 0 saturated carbocycles. The highest BCUT2D eigenvalue weighted by Gasteiger charge is 2.36. The van der Waals surface area contributed by atoms with Gasteiger partial charge in [-0.25, -0.2) is 5.01 Å². The molecule has 3 aromatic rings. The minimum atomic E-state index is -0.397. The first-order valence-corrected chi connectivity index (χ1v) is 12.6. The molecule has 4 rings (SSSR count). The van der Waals surface area contributed by atoms with Crippen LogP contribution in [0.3, 0.4) is 0 Å². The number of ether oxygens (including phenoxy) is 4. The number of hydrazone groups is 1. The molecule has 0 aromatic heterocycles. The van der Waals surface area contributed by atoms with E-state index < -0.39 is 6.04 Å². The SMILES string of the molecule is COCCN(CC(=O)N1N=C(c2ccc(OC)cc2)C[C@H]1c1ccccc1OC)C(=O)c1ccc(OC)cc1. The van der Waals surface area contributed by atoms with Crippen LogP contribution in [0.5, 0.6) is 17.2 Å². The smallest absolute Gasteiger partial charge is 0.262 e. The third-order valence-electron chi connectivity index (χ3n) is 6.60. The lowest BCUT2D eigenvalue weighted by Crippen LogP contribution is -2.42. The second-order valence-corrected chi connectivity index (χ2v) is 8.92. The molecule has 39 heavy (non-hydrogen) atoms. The van der Waals surface area contributed by atoms with Gasteiger partial charge < -0.3 is 23.8 Å². The fourth-order valence-electron chi connectivity index (χ4n) is 4.49. The maximum atomic E-state index is 13.8. The molecule has 0 aliphatic carbocycles. The summed E-state index contributed by atoms with van der Waals surface area (Å²) in [5.41, 5.74) is 2.93. The Morgan fingerprint density at radius 2 is 1.51 bits per heavy atom. The number of nitrogens with zero attached hydrogens (tertiary/aromatic N) is 3. The van der Waals surface area contributed by atoms with Gasteiger partial charge in [0.25, 0.3) is 11.8 Å². The molecule has 0 unspecified atom stereocenters. The van der Waals surface area contributed by atoms with Crippen molar-refractivity contribution in [3.8, 4) is 17.2 Å². The minimum Gasteiger partial charge on any atom is -0.497 e. The van der Waals surface area contributed by atoms with E-state index >= 15 is 0 Å². The van der Waals surface area contributed by atoms with Gasteiger partial charge in [0.2, 0.25) is 0 Å². The molecular formula is C30H33N3O6. The number of benzene rings is 3. The van der Waals surface area contributed by atoms with Crippen molar-refractivity contribution in [3.63, 3.8) is 0 Å². The van der Waals surface area contributed by atoms with Crippen molar-refractivity contribution in [1.82, 2.24) is 9.91 Å². The van der Waals surface area contributed by atoms with E-state index in [9.17, 15) is 9.59 Å². The van der Waals surface area contributed by atoms with E-state index in [-0.39, 0.29) is 31.5 Å². The van der Waals surface area contributed by atoms with Crippen molar-refractivity contribution in [1.29, 1.82) is 0 Å². The fraction of sp³-hybridized carbons (Fsp3) is 0.300. The number of hydrogen-bond acceptors (Lipinski definition) is 7. The quantitative estimate of drug-likeness (QED) is 0.369. The Hall–Kier alpha value is -4.37. The highest BCUT2D eigenvalue weighted by molar-refractivity contribution is 6.04. The van der Waals surface area contributed by atoms with Gasteiger partial charge in [0, 0.05) is 31.2 Å². The summed E-state index contributed by atoms with van der Waals surface area (Å²) in [6.45, 7) is 0.361. The van der Waals surface area contributed by atoms with Crippen LogP contribution in [-0.4, -0.2) is 75.6 Å². The van der Waals surface area contributed by atoms with Gasteiger partial charge in [-0.1, -0.05) is 18.2 Å². The summed E-state index contributed by atoms with van der Waals surface area (Å²) in [5, 5.41) is 6.22. The molecule has 0 saturated heterocycles. The number of carbonyl (C=O) groups excluding carboxylic acids is 2. The predicted molar refractivity (Wildman–Crippen MR) is 148 cm³/mol.